The summed E-state index contributed by atoms with van der Waals surface area (Å²) in [6.07, 6.45) is 1.96. The minimum Gasteiger partial charge on any atom is -0.486 e. The van der Waals surface area contributed by atoms with Gasteiger partial charge in [-0.05, 0) is 37.5 Å². The predicted molar refractivity (Wildman–Crippen MR) is 121 cm³/mol. The first kappa shape index (κ1) is 21.4. The van der Waals surface area contributed by atoms with E-state index in [9.17, 15) is 4.79 Å². The van der Waals surface area contributed by atoms with Crippen LogP contribution in [0.3, 0.4) is 0 Å². The quantitative estimate of drug-likeness (QED) is 0.609. The minimum absolute atomic E-state index is 0.0758. The van der Waals surface area contributed by atoms with Gasteiger partial charge in [0.2, 0.25) is 11.9 Å². The summed E-state index contributed by atoms with van der Waals surface area (Å²) in [6, 6.07) is 6.11. The molecule has 0 bridgehead atoms. The van der Waals surface area contributed by atoms with Crippen molar-refractivity contribution in [3.63, 3.8) is 0 Å². The van der Waals surface area contributed by atoms with E-state index in [-0.39, 0.29) is 11.9 Å². The number of ether oxygens (including phenoxy) is 3. The second-order valence-corrected chi connectivity index (χ2v) is 9.01. The van der Waals surface area contributed by atoms with Crippen LogP contribution in [0.15, 0.2) is 23.4 Å². The molecule has 1 aromatic carbocycles. The zero-order valence-corrected chi connectivity index (χ0v) is 19.2. The maximum Gasteiger partial charge on any atom is 0.233 e. The van der Waals surface area contributed by atoms with Crippen LogP contribution >= 0.6 is 11.8 Å². The molecule has 1 atom stereocenters. The van der Waals surface area contributed by atoms with E-state index in [1.165, 1.54) is 11.8 Å². The summed E-state index contributed by atoms with van der Waals surface area (Å²) >= 11 is 1.47. The van der Waals surface area contributed by atoms with Crippen LogP contribution in [-0.2, 0) is 16.1 Å². The van der Waals surface area contributed by atoms with Crippen LogP contribution in [0.4, 0.5) is 5.95 Å². The molecule has 10 heteroatoms. The number of rotatable bonds is 6. The maximum atomic E-state index is 13.2. The monoisotopic (exact) mass is 459 g/mol. The highest BCUT2D eigenvalue weighted by molar-refractivity contribution is 7.99. The molecule has 2 saturated heterocycles. The Kier molecular flexibility index (Phi) is 6.40. The average Bonchev–Trinajstić information content (AvgIpc) is 3.50. The molecule has 3 aliphatic rings. The van der Waals surface area contributed by atoms with Gasteiger partial charge in [0.1, 0.15) is 13.2 Å². The Morgan fingerprint density at radius 3 is 2.72 bits per heavy atom. The summed E-state index contributed by atoms with van der Waals surface area (Å²) in [7, 11) is 0. The maximum absolute atomic E-state index is 13.2. The second-order valence-electron chi connectivity index (χ2n) is 8.06. The summed E-state index contributed by atoms with van der Waals surface area (Å²) in [5, 5.41) is 9.57. The Hall–Kier alpha value is -2.46. The molecule has 1 amide bonds. The van der Waals surface area contributed by atoms with Crippen molar-refractivity contribution in [2.24, 2.45) is 0 Å². The first-order valence-electron chi connectivity index (χ1n) is 11.3. The van der Waals surface area contributed by atoms with Crippen molar-refractivity contribution >= 4 is 23.6 Å². The number of hydrogen-bond donors (Lipinski definition) is 0. The number of amides is 1. The molecule has 0 radical (unpaired) electrons. The number of anilines is 1. The Morgan fingerprint density at radius 2 is 1.91 bits per heavy atom. The fourth-order valence-corrected chi connectivity index (χ4v) is 5.43. The van der Waals surface area contributed by atoms with E-state index in [1.54, 1.807) is 0 Å². The zero-order valence-electron chi connectivity index (χ0n) is 18.4. The van der Waals surface area contributed by atoms with Gasteiger partial charge in [-0.25, -0.2) is 0 Å². The van der Waals surface area contributed by atoms with E-state index in [1.807, 2.05) is 17.0 Å². The molecule has 172 valence electrons. The number of thioether (sulfide) groups is 1. The van der Waals surface area contributed by atoms with Gasteiger partial charge in [-0.1, -0.05) is 17.8 Å². The number of carbonyl (C=O) groups excluding carboxylic acids is 1. The summed E-state index contributed by atoms with van der Waals surface area (Å²) in [4.78, 5) is 17.4. The molecule has 2 aromatic rings. The van der Waals surface area contributed by atoms with Crippen LogP contribution in [0.2, 0.25) is 0 Å². The Balaban J connectivity index is 1.25. The molecule has 2 fully saturated rings. The molecule has 0 unspecified atom stereocenters. The standard InChI is InChI=1S/C22H29N5O4S/c1-2-26-21(25-8-10-29-11-9-25)23-24-22(26)32-15-20(28)27-7-3-4-17(27)16-5-6-18-19(14-16)31-13-12-30-18/h5-6,14,17H,2-4,7-13,15H2,1H3/t17-/m0/s1. The first-order valence-corrected chi connectivity index (χ1v) is 12.3. The molecule has 32 heavy (non-hydrogen) atoms. The number of fused-ring (bicyclic) bond motifs is 1. The molecule has 0 N–H and O–H groups in total. The SMILES string of the molecule is CCn1c(SCC(=O)N2CCC[C@H]2c2ccc3c(c2)OCCO3)nnc1N1CCOCC1. The molecular weight excluding hydrogens is 430 g/mol. The summed E-state index contributed by atoms with van der Waals surface area (Å²) < 4.78 is 18.9. The molecule has 3 aliphatic heterocycles. The van der Waals surface area contributed by atoms with Crippen LogP contribution in [0.25, 0.3) is 0 Å². The van der Waals surface area contributed by atoms with E-state index < -0.39 is 0 Å². The lowest BCUT2D eigenvalue weighted by Gasteiger charge is -2.28. The summed E-state index contributed by atoms with van der Waals surface area (Å²) in [5.41, 5.74) is 1.11. The zero-order chi connectivity index (χ0) is 21.9. The second kappa shape index (κ2) is 9.58. The highest BCUT2D eigenvalue weighted by Gasteiger charge is 2.31. The number of aromatic nitrogens is 3. The van der Waals surface area contributed by atoms with Gasteiger partial charge in [-0.3, -0.25) is 9.36 Å². The van der Waals surface area contributed by atoms with Gasteiger partial charge in [0.05, 0.1) is 25.0 Å². The summed E-state index contributed by atoms with van der Waals surface area (Å²) in [5.74, 6) is 2.89. The number of likely N-dealkylation sites (tertiary alicyclic amines) is 1. The molecule has 5 rings (SSSR count). The number of benzene rings is 1. The normalized spacial score (nSPS) is 20.6. The number of nitrogens with zero attached hydrogens (tertiary/aromatic N) is 5. The van der Waals surface area contributed by atoms with Crippen molar-refractivity contribution in [2.75, 3.05) is 56.7 Å². The number of hydrogen-bond acceptors (Lipinski definition) is 8. The molecular formula is C22H29N5O4S. The molecule has 9 nitrogen and oxygen atoms in total. The van der Waals surface area contributed by atoms with Crippen LogP contribution in [0.5, 0.6) is 11.5 Å². The van der Waals surface area contributed by atoms with Gasteiger partial charge in [0.15, 0.2) is 16.7 Å². The highest BCUT2D eigenvalue weighted by atomic mass is 32.2. The third-order valence-corrected chi connectivity index (χ3v) is 7.11. The Labute approximate surface area is 192 Å². The van der Waals surface area contributed by atoms with Crippen LogP contribution in [0, 0.1) is 0 Å². The Morgan fingerprint density at radius 1 is 1.09 bits per heavy atom. The molecule has 4 heterocycles. The van der Waals surface area contributed by atoms with E-state index in [0.717, 1.165) is 67.2 Å². The van der Waals surface area contributed by atoms with Crippen molar-refractivity contribution in [3.8, 4) is 11.5 Å². The van der Waals surface area contributed by atoms with Crippen molar-refractivity contribution in [1.29, 1.82) is 0 Å². The topological polar surface area (TPSA) is 82.0 Å². The Bertz CT molecular complexity index is 962. The molecule has 0 aliphatic carbocycles. The van der Waals surface area contributed by atoms with Gasteiger partial charge in [-0.15, -0.1) is 10.2 Å². The van der Waals surface area contributed by atoms with E-state index in [2.05, 4.69) is 32.7 Å². The minimum atomic E-state index is 0.0758. The largest absolute Gasteiger partial charge is 0.486 e. The predicted octanol–water partition coefficient (Wildman–Crippen LogP) is 2.36. The fraction of sp³-hybridized carbons (Fsp3) is 0.591. The van der Waals surface area contributed by atoms with Crippen molar-refractivity contribution in [1.82, 2.24) is 19.7 Å². The molecule has 1 aromatic heterocycles. The highest BCUT2D eigenvalue weighted by Crippen LogP contribution is 2.38. The van der Waals surface area contributed by atoms with E-state index >= 15 is 0 Å². The average molecular weight is 460 g/mol. The number of carbonyl (C=O) groups is 1. The smallest absolute Gasteiger partial charge is 0.233 e. The van der Waals surface area contributed by atoms with Crippen molar-refractivity contribution in [3.05, 3.63) is 23.8 Å². The van der Waals surface area contributed by atoms with Gasteiger partial charge < -0.3 is 24.0 Å². The third-order valence-electron chi connectivity index (χ3n) is 6.16. The lowest BCUT2D eigenvalue weighted by Crippen LogP contribution is -2.38. The van der Waals surface area contributed by atoms with E-state index in [4.69, 9.17) is 14.2 Å². The van der Waals surface area contributed by atoms with Gasteiger partial charge >= 0.3 is 0 Å². The first-order chi connectivity index (χ1) is 15.7. The lowest BCUT2D eigenvalue weighted by molar-refractivity contribution is -0.129. The molecule has 0 saturated carbocycles. The van der Waals surface area contributed by atoms with Crippen LogP contribution < -0.4 is 14.4 Å². The third kappa shape index (κ3) is 4.25. The van der Waals surface area contributed by atoms with Crippen molar-refractivity contribution in [2.45, 2.75) is 37.5 Å². The summed E-state index contributed by atoms with van der Waals surface area (Å²) in [6.45, 7) is 7.79. The van der Waals surface area contributed by atoms with Crippen LogP contribution in [0.1, 0.15) is 31.4 Å². The molecule has 0 spiro atoms. The van der Waals surface area contributed by atoms with Crippen LogP contribution in [-0.4, -0.2) is 77.4 Å². The van der Waals surface area contributed by atoms with Gasteiger partial charge in [0, 0.05) is 26.2 Å². The van der Waals surface area contributed by atoms with E-state index in [0.29, 0.717) is 32.2 Å². The van der Waals surface area contributed by atoms with Crippen molar-refractivity contribution < 1.29 is 19.0 Å². The van der Waals surface area contributed by atoms with Gasteiger partial charge in [0.25, 0.3) is 0 Å². The van der Waals surface area contributed by atoms with Gasteiger partial charge in [-0.2, -0.15) is 0 Å². The number of morpholine rings is 1. The fourth-order valence-electron chi connectivity index (χ4n) is 4.55. The lowest BCUT2D eigenvalue weighted by atomic mass is 10.0.